The number of nitrogens with one attached hydrogen (secondary N) is 2. The van der Waals surface area contributed by atoms with Crippen molar-refractivity contribution < 1.29 is 18.3 Å². The van der Waals surface area contributed by atoms with E-state index < -0.39 is 17.5 Å². The third kappa shape index (κ3) is 5.30. The third-order valence-electron chi connectivity index (χ3n) is 3.49. The number of carbonyl (C=O) groups excluding carboxylic acids is 1. The first-order valence-corrected chi connectivity index (χ1v) is 7.50. The highest BCUT2D eigenvalue weighted by molar-refractivity contribution is 5.97. The van der Waals surface area contributed by atoms with Gasteiger partial charge in [0.15, 0.2) is 0 Å². The largest absolute Gasteiger partial charge is 0.379 e. The molecule has 0 bridgehead atoms. The summed E-state index contributed by atoms with van der Waals surface area (Å²) in [5, 5.41) is 14.2. The molecule has 0 radical (unpaired) electrons. The standard InChI is InChI=1S/C16H18F2N4O2/c17-13-1-2-15(14(18)9-13)21-11-12(10-19)16(23)20-3-4-22-5-7-24-8-6-22/h1-2,9,11,21H,3-8H2,(H,20,23)/b12-11-. The van der Waals surface area contributed by atoms with Gasteiger partial charge in [-0.1, -0.05) is 0 Å². The minimum Gasteiger partial charge on any atom is -0.379 e. The maximum atomic E-state index is 13.5. The van der Waals surface area contributed by atoms with Gasteiger partial charge in [0.1, 0.15) is 23.3 Å². The molecule has 0 saturated carbocycles. The third-order valence-corrected chi connectivity index (χ3v) is 3.49. The lowest BCUT2D eigenvalue weighted by atomic mass is 10.2. The van der Waals surface area contributed by atoms with Gasteiger partial charge >= 0.3 is 0 Å². The van der Waals surface area contributed by atoms with Crippen LogP contribution in [0.15, 0.2) is 30.0 Å². The van der Waals surface area contributed by atoms with E-state index in [4.69, 9.17) is 10.00 Å². The maximum absolute atomic E-state index is 13.5. The number of halogens is 2. The Labute approximate surface area is 138 Å². The zero-order valence-corrected chi connectivity index (χ0v) is 13.0. The number of nitriles is 1. The van der Waals surface area contributed by atoms with E-state index in [0.29, 0.717) is 32.4 Å². The molecule has 2 rings (SSSR count). The van der Waals surface area contributed by atoms with Crippen molar-refractivity contribution >= 4 is 11.6 Å². The molecule has 1 heterocycles. The molecule has 6 nitrogen and oxygen atoms in total. The summed E-state index contributed by atoms with van der Waals surface area (Å²) in [6.07, 6.45) is 1.10. The predicted molar refractivity (Wildman–Crippen MR) is 83.9 cm³/mol. The summed E-state index contributed by atoms with van der Waals surface area (Å²) in [5.74, 6) is -2.07. The molecule has 1 saturated heterocycles. The van der Waals surface area contributed by atoms with Gasteiger partial charge < -0.3 is 15.4 Å². The van der Waals surface area contributed by atoms with Crippen molar-refractivity contribution in [3.63, 3.8) is 0 Å². The van der Waals surface area contributed by atoms with Gasteiger partial charge in [0.2, 0.25) is 0 Å². The molecule has 24 heavy (non-hydrogen) atoms. The number of nitrogens with zero attached hydrogens (tertiary/aromatic N) is 2. The van der Waals surface area contributed by atoms with E-state index >= 15 is 0 Å². The van der Waals surface area contributed by atoms with E-state index in [0.717, 1.165) is 25.4 Å². The van der Waals surface area contributed by atoms with E-state index in [9.17, 15) is 13.6 Å². The smallest absolute Gasteiger partial charge is 0.263 e. The van der Waals surface area contributed by atoms with Gasteiger partial charge in [0, 0.05) is 38.4 Å². The number of benzene rings is 1. The topological polar surface area (TPSA) is 77.4 Å². The summed E-state index contributed by atoms with van der Waals surface area (Å²) >= 11 is 0. The molecule has 1 aliphatic heterocycles. The molecular weight excluding hydrogens is 318 g/mol. The van der Waals surface area contributed by atoms with Crippen molar-refractivity contribution in [1.29, 1.82) is 5.26 Å². The van der Waals surface area contributed by atoms with Crippen LogP contribution >= 0.6 is 0 Å². The minimum atomic E-state index is -0.809. The normalized spacial score (nSPS) is 15.6. The van der Waals surface area contributed by atoms with Crippen LogP contribution in [0.25, 0.3) is 0 Å². The van der Waals surface area contributed by atoms with Crippen molar-refractivity contribution in [2.24, 2.45) is 0 Å². The van der Waals surface area contributed by atoms with Gasteiger partial charge in [-0.2, -0.15) is 5.26 Å². The van der Waals surface area contributed by atoms with Crippen molar-refractivity contribution in [1.82, 2.24) is 10.2 Å². The van der Waals surface area contributed by atoms with Crippen LogP contribution < -0.4 is 10.6 Å². The fraction of sp³-hybridized carbons (Fsp3) is 0.375. The Hall–Kier alpha value is -2.50. The molecule has 128 valence electrons. The Bertz CT molecular complexity index is 652. The molecule has 2 N–H and O–H groups in total. The summed E-state index contributed by atoms with van der Waals surface area (Å²) in [6.45, 7) is 4.01. The van der Waals surface area contributed by atoms with E-state index in [1.165, 1.54) is 6.07 Å². The molecule has 0 aromatic heterocycles. The summed E-state index contributed by atoms with van der Waals surface area (Å²) in [7, 11) is 0. The van der Waals surface area contributed by atoms with E-state index in [-0.39, 0.29) is 11.3 Å². The fourth-order valence-electron chi connectivity index (χ4n) is 2.15. The zero-order chi connectivity index (χ0) is 17.4. The van der Waals surface area contributed by atoms with Crippen LogP contribution in [0.3, 0.4) is 0 Å². The van der Waals surface area contributed by atoms with E-state index in [2.05, 4.69) is 15.5 Å². The Balaban J connectivity index is 1.85. The summed E-state index contributed by atoms with van der Waals surface area (Å²) < 4.78 is 31.5. The van der Waals surface area contributed by atoms with Gasteiger partial charge in [-0.05, 0) is 12.1 Å². The van der Waals surface area contributed by atoms with Crippen molar-refractivity contribution in [2.75, 3.05) is 44.7 Å². The number of morpholine rings is 1. The molecule has 0 spiro atoms. The monoisotopic (exact) mass is 336 g/mol. The summed E-state index contributed by atoms with van der Waals surface area (Å²) in [5.41, 5.74) is -0.217. The lowest BCUT2D eigenvalue weighted by Gasteiger charge is -2.26. The first kappa shape index (κ1) is 17.8. The highest BCUT2D eigenvalue weighted by Crippen LogP contribution is 2.15. The molecule has 0 atom stereocenters. The van der Waals surface area contributed by atoms with Crippen LogP contribution in [-0.2, 0) is 9.53 Å². The number of anilines is 1. The van der Waals surface area contributed by atoms with Gasteiger partial charge in [0.25, 0.3) is 5.91 Å². The van der Waals surface area contributed by atoms with Crippen LogP contribution in [0.1, 0.15) is 0 Å². The molecule has 0 unspecified atom stereocenters. The van der Waals surface area contributed by atoms with E-state index in [1.54, 1.807) is 6.07 Å². The lowest BCUT2D eigenvalue weighted by Crippen LogP contribution is -2.41. The minimum absolute atomic E-state index is 0.0229. The van der Waals surface area contributed by atoms with Crippen LogP contribution in [0.5, 0.6) is 0 Å². The number of rotatable bonds is 6. The molecule has 1 aromatic carbocycles. The average Bonchev–Trinajstić information content (AvgIpc) is 2.58. The molecule has 1 amide bonds. The second kappa shape index (κ2) is 8.96. The Kier molecular flexibility index (Phi) is 6.66. The number of hydrogen-bond donors (Lipinski definition) is 2. The maximum Gasteiger partial charge on any atom is 0.263 e. The molecular formula is C16H18F2N4O2. The van der Waals surface area contributed by atoms with Crippen molar-refractivity contribution in [2.45, 2.75) is 0 Å². The highest BCUT2D eigenvalue weighted by atomic mass is 19.1. The van der Waals surface area contributed by atoms with Crippen molar-refractivity contribution in [3.8, 4) is 6.07 Å². The van der Waals surface area contributed by atoms with Crippen LogP contribution in [0.4, 0.5) is 14.5 Å². The van der Waals surface area contributed by atoms with Crippen molar-refractivity contribution in [3.05, 3.63) is 41.6 Å². The molecule has 8 heteroatoms. The quantitative estimate of drug-likeness (QED) is 0.604. The lowest BCUT2D eigenvalue weighted by molar-refractivity contribution is -0.117. The highest BCUT2D eigenvalue weighted by Gasteiger charge is 2.12. The van der Waals surface area contributed by atoms with E-state index in [1.807, 2.05) is 0 Å². The number of ether oxygens (including phenoxy) is 1. The number of amides is 1. The second-order valence-corrected chi connectivity index (χ2v) is 5.15. The summed E-state index contributed by atoms with van der Waals surface area (Å²) in [4.78, 5) is 14.1. The predicted octanol–water partition coefficient (Wildman–Crippen LogP) is 1.23. The van der Waals surface area contributed by atoms with Crippen LogP contribution in [0.2, 0.25) is 0 Å². The zero-order valence-electron chi connectivity index (χ0n) is 13.0. The molecule has 1 aromatic rings. The molecule has 1 fully saturated rings. The number of carbonyl (C=O) groups is 1. The average molecular weight is 336 g/mol. The number of hydrogen-bond acceptors (Lipinski definition) is 5. The second-order valence-electron chi connectivity index (χ2n) is 5.15. The first-order valence-electron chi connectivity index (χ1n) is 7.50. The molecule has 0 aliphatic carbocycles. The molecule has 1 aliphatic rings. The SMILES string of the molecule is N#C/C(=C/Nc1ccc(F)cc1F)C(=O)NCCN1CCOCC1. The fourth-order valence-corrected chi connectivity index (χ4v) is 2.15. The Morgan fingerprint density at radius 2 is 2.12 bits per heavy atom. The van der Waals surface area contributed by atoms with Crippen LogP contribution in [-0.4, -0.2) is 50.2 Å². The summed E-state index contributed by atoms with van der Waals surface area (Å²) in [6, 6.07) is 4.72. The van der Waals surface area contributed by atoms with Gasteiger partial charge in [-0.3, -0.25) is 9.69 Å². The van der Waals surface area contributed by atoms with Gasteiger partial charge in [0.05, 0.1) is 18.9 Å². The Morgan fingerprint density at radius 1 is 1.38 bits per heavy atom. The van der Waals surface area contributed by atoms with Crippen LogP contribution in [0, 0.1) is 23.0 Å². The Morgan fingerprint density at radius 3 is 2.79 bits per heavy atom. The van der Waals surface area contributed by atoms with Gasteiger partial charge in [-0.15, -0.1) is 0 Å². The van der Waals surface area contributed by atoms with Gasteiger partial charge in [-0.25, -0.2) is 8.78 Å². The first-order chi connectivity index (χ1) is 11.6.